The van der Waals surface area contributed by atoms with Gasteiger partial charge in [0, 0.05) is 10.6 Å². The predicted molar refractivity (Wildman–Crippen MR) is 108 cm³/mol. The van der Waals surface area contributed by atoms with E-state index >= 15 is 0 Å². The highest BCUT2D eigenvalue weighted by Crippen LogP contribution is 2.57. The number of nitrogens with zero attached hydrogens (tertiary/aromatic N) is 1. The number of ketones is 1. The monoisotopic (exact) mass is 409 g/mol. The molecule has 0 unspecified atom stereocenters. The number of benzene rings is 2. The number of imide groups is 1. The minimum Gasteiger partial charge on any atom is -0.483 e. The molecule has 0 N–H and O–H groups in total. The molecule has 0 aromatic heterocycles. The topological polar surface area (TPSA) is 63.7 Å². The van der Waals surface area contributed by atoms with E-state index in [-0.39, 0.29) is 36.0 Å². The quantitative estimate of drug-likeness (QED) is 0.550. The van der Waals surface area contributed by atoms with Crippen molar-refractivity contribution in [2.24, 2.45) is 23.7 Å². The van der Waals surface area contributed by atoms with E-state index in [0.717, 1.165) is 19.3 Å². The molecule has 148 valence electrons. The molecule has 2 aliphatic carbocycles. The number of halogens is 1. The van der Waals surface area contributed by atoms with Crippen molar-refractivity contribution in [2.45, 2.75) is 19.3 Å². The van der Waals surface area contributed by atoms with Crippen LogP contribution in [0, 0.1) is 23.7 Å². The van der Waals surface area contributed by atoms with Crippen molar-refractivity contribution in [3.63, 3.8) is 0 Å². The van der Waals surface area contributed by atoms with Crippen LogP contribution in [-0.2, 0) is 9.59 Å². The van der Waals surface area contributed by atoms with Crippen molar-refractivity contribution in [1.29, 1.82) is 0 Å². The SMILES string of the molecule is O=C(COc1ccccc1N1C(=O)[C@@H]2[C@@H]3CC[C@H](C3)[C@@H]2C1=O)c1ccc(Cl)cc1. The molecule has 5 rings (SSSR count). The largest absolute Gasteiger partial charge is 0.483 e. The summed E-state index contributed by atoms with van der Waals surface area (Å²) in [5, 5.41) is 0.554. The lowest BCUT2D eigenvalue weighted by Gasteiger charge is -2.20. The number of carbonyl (C=O) groups excluding carboxylic acids is 3. The predicted octanol–water partition coefficient (Wildman–Crippen LogP) is 4.14. The van der Waals surface area contributed by atoms with E-state index in [1.54, 1.807) is 48.5 Å². The van der Waals surface area contributed by atoms with Crippen LogP contribution in [0.25, 0.3) is 0 Å². The Morgan fingerprint density at radius 2 is 1.59 bits per heavy atom. The molecule has 3 fully saturated rings. The molecule has 5 nitrogen and oxygen atoms in total. The Bertz CT molecular complexity index is 974. The standard InChI is InChI=1S/C23H20ClNO4/c24-16-9-7-13(8-10-16)18(26)12-29-19-4-2-1-3-17(19)25-22(27)20-14-5-6-15(11-14)21(20)23(25)28/h1-4,7-10,14-15,20-21H,5-6,11-12H2/t14-,15-,20-,21+/m1/s1. The van der Waals surface area contributed by atoms with Gasteiger partial charge in [-0.05, 0) is 67.5 Å². The van der Waals surface area contributed by atoms with Crippen LogP contribution in [0.15, 0.2) is 48.5 Å². The zero-order valence-electron chi connectivity index (χ0n) is 15.7. The summed E-state index contributed by atoms with van der Waals surface area (Å²) in [6.45, 7) is -0.188. The van der Waals surface area contributed by atoms with Gasteiger partial charge in [0.15, 0.2) is 12.4 Å². The maximum atomic E-state index is 13.1. The van der Waals surface area contributed by atoms with Gasteiger partial charge in [-0.3, -0.25) is 14.4 Å². The number of rotatable bonds is 5. The highest BCUT2D eigenvalue weighted by Gasteiger charge is 2.61. The van der Waals surface area contributed by atoms with Gasteiger partial charge in [-0.25, -0.2) is 4.90 Å². The molecule has 29 heavy (non-hydrogen) atoms. The average molecular weight is 410 g/mol. The third-order valence-electron chi connectivity index (χ3n) is 6.56. The Morgan fingerprint density at radius 3 is 2.24 bits per heavy atom. The number of carbonyl (C=O) groups is 3. The van der Waals surface area contributed by atoms with E-state index in [4.69, 9.17) is 16.3 Å². The number of anilines is 1. The van der Waals surface area contributed by atoms with Gasteiger partial charge in [0.1, 0.15) is 5.75 Å². The van der Waals surface area contributed by atoms with Gasteiger partial charge in [-0.2, -0.15) is 0 Å². The summed E-state index contributed by atoms with van der Waals surface area (Å²) in [4.78, 5) is 39.9. The van der Waals surface area contributed by atoms with Crippen LogP contribution in [0.4, 0.5) is 5.69 Å². The Hall–Kier alpha value is -2.66. The molecule has 1 aliphatic heterocycles. The summed E-state index contributed by atoms with van der Waals surface area (Å²) < 4.78 is 5.76. The summed E-state index contributed by atoms with van der Waals surface area (Å²) >= 11 is 5.86. The Balaban J connectivity index is 1.37. The number of ether oxygens (including phenoxy) is 1. The van der Waals surface area contributed by atoms with Crippen LogP contribution in [-0.4, -0.2) is 24.2 Å². The molecule has 2 saturated carbocycles. The van der Waals surface area contributed by atoms with Crippen LogP contribution in [0.3, 0.4) is 0 Å². The average Bonchev–Trinajstić information content (AvgIpc) is 3.41. The fourth-order valence-corrected chi connectivity index (χ4v) is 5.40. The second-order valence-electron chi connectivity index (χ2n) is 8.08. The van der Waals surface area contributed by atoms with Gasteiger partial charge >= 0.3 is 0 Å². The highest BCUT2D eigenvalue weighted by molar-refractivity contribution is 6.30. The van der Waals surface area contributed by atoms with Crippen LogP contribution < -0.4 is 9.64 Å². The molecular formula is C23H20ClNO4. The van der Waals surface area contributed by atoms with Crippen molar-refractivity contribution in [3.05, 3.63) is 59.1 Å². The summed E-state index contributed by atoms with van der Waals surface area (Å²) in [6, 6.07) is 13.5. The first-order valence-corrected chi connectivity index (χ1v) is 10.3. The zero-order valence-corrected chi connectivity index (χ0v) is 16.5. The lowest BCUT2D eigenvalue weighted by atomic mass is 9.81. The van der Waals surface area contributed by atoms with Crippen molar-refractivity contribution in [3.8, 4) is 5.75 Å². The first-order valence-electron chi connectivity index (χ1n) is 9.93. The van der Waals surface area contributed by atoms with Crippen LogP contribution in [0.1, 0.15) is 29.6 Å². The summed E-state index contributed by atoms with van der Waals surface area (Å²) in [7, 11) is 0. The number of amides is 2. The minimum atomic E-state index is -0.203. The Kier molecular flexibility index (Phi) is 4.43. The number of fused-ring (bicyclic) bond motifs is 5. The third-order valence-corrected chi connectivity index (χ3v) is 6.81. The molecule has 2 aromatic carbocycles. The molecule has 1 heterocycles. The maximum absolute atomic E-state index is 13.1. The van der Waals surface area contributed by atoms with Gasteiger partial charge in [0.2, 0.25) is 11.8 Å². The summed E-state index contributed by atoms with van der Waals surface area (Å²) in [5.74, 6) is 0.195. The Labute approximate surface area is 173 Å². The number of Topliss-reactive ketones (excluding diaryl/α,β-unsaturated/α-hetero) is 1. The van der Waals surface area contributed by atoms with E-state index in [0.29, 0.717) is 33.9 Å². The van der Waals surface area contributed by atoms with Crippen molar-refractivity contribution < 1.29 is 19.1 Å². The van der Waals surface area contributed by atoms with Crippen LogP contribution >= 0.6 is 11.6 Å². The van der Waals surface area contributed by atoms with E-state index in [2.05, 4.69) is 0 Å². The normalized spacial score (nSPS) is 27.4. The molecule has 2 amide bonds. The van der Waals surface area contributed by atoms with Gasteiger partial charge in [0.05, 0.1) is 17.5 Å². The summed E-state index contributed by atoms with van der Waals surface area (Å²) in [5.41, 5.74) is 0.923. The highest BCUT2D eigenvalue weighted by atomic mass is 35.5. The fraction of sp³-hybridized carbons (Fsp3) is 0.348. The van der Waals surface area contributed by atoms with Crippen LogP contribution in [0.2, 0.25) is 5.02 Å². The lowest BCUT2D eigenvalue weighted by molar-refractivity contribution is -0.123. The van der Waals surface area contributed by atoms with Crippen molar-refractivity contribution in [2.75, 3.05) is 11.5 Å². The molecule has 2 bridgehead atoms. The number of para-hydroxylation sites is 2. The van der Waals surface area contributed by atoms with E-state index < -0.39 is 0 Å². The molecular weight excluding hydrogens is 390 g/mol. The number of hydrogen-bond donors (Lipinski definition) is 0. The smallest absolute Gasteiger partial charge is 0.238 e. The van der Waals surface area contributed by atoms with Gasteiger partial charge in [-0.15, -0.1) is 0 Å². The molecule has 0 spiro atoms. The first-order chi connectivity index (χ1) is 14.0. The molecule has 4 atom stereocenters. The fourth-order valence-electron chi connectivity index (χ4n) is 5.27. The van der Waals surface area contributed by atoms with Gasteiger partial charge in [-0.1, -0.05) is 23.7 Å². The third kappa shape index (κ3) is 2.96. The molecule has 1 saturated heterocycles. The first kappa shape index (κ1) is 18.4. The van der Waals surface area contributed by atoms with Crippen LogP contribution in [0.5, 0.6) is 5.75 Å². The Morgan fingerprint density at radius 1 is 0.966 bits per heavy atom. The van der Waals surface area contributed by atoms with Gasteiger partial charge < -0.3 is 4.74 Å². The zero-order chi connectivity index (χ0) is 20.1. The maximum Gasteiger partial charge on any atom is 0.238 e. The lowest BCUT2D eigenvalue weighted by Crippen LogP contribution is -2.33. The van der Waals surface area contributed by atoms with E-state index in [1.807, 2.05) is 0 Å². The second kappa shape index (κ2) is 6.99. The van der Waals surface area contributed by atoms with E-state index in [9.17, 15) is 14.4 Å². The molecule has 0 radical (unpaired) electrons. The molecule has 2 aromatic rings. The van der Waals surface area contributed by atoms with E-state index in [1.165, 1.54) is 4.90 Å². The van der Waals surface area contributed by atoms with Gasteiger partial charge in [0.25, 0.3) is 0 Å². The summed E-state index contributed by atoms with van der Waals surface area (Å²) in [6.07, 6.45) is 3.06. The number of hydrogen-bond acceptors (Lipinski definition) is 4. The molecule has 6 heteroatoms. The van der Waals surface area contributed by atoms with Crippen molar-refractivity contribution >= 4 is 34.9 Å². The molecule has 3 aliphatic rings. The second-order valence-corrected chi connectivity index (χ2v) is 8.52. The van der Waals surface area contributed by atoms with Crippen molar-refractivity contribution in [1.82, 2.24) is 0 Å². The minimum absolute atomic E-state index is 0.118.